The molecule has 0 saturated carbocycles. The van der Waals surface area contributed by atoms with Crippen LogP contribution in [0.4, 0.5) is 0 Å². The second-order valence-electron chi connectivity index (χ2n) is 5.19. The monoisotopic (exact) mass is 272 g/mol. The van der Waals surface area contributed by atoms with Crippen molar-refractivity contribution in [2.24, 2.45) is 5.73 Å². The summed E-state index contributed by atoms with van der Waals surface area (Å²) in [4.78, 5) is 11.9. The molecule has 0 aliphatic carbocycles. The molecule has 1 aliphatic rings. The number of carbonyl (C=O) groups excluding carboxylic acids is 1. The number of ether oxygens (including phenoxy) is 2. The van der Waals surface area contributed by atoms with E-state index in [2.05, 4.69) is 12.2 Å². The second-order valence-corrected chi connectivity index (χ2v) is 5.19. The topological polar surface area (TPSA) is 73.6 Å². The highest BCUT2D eigenvalue weighted by atomic mass is 16.5. The third-order valence-electron chi connectivity index (χ3n) is 3.46. The maximum Gasteiger partial charge on any atom is 0.249 e. The summed E-state index contributed by atoms with van der Waals surface area (Å²) in [5, 5.41) is 2.95. The van der Waals surface area contributed by atoms with Gasteiger partial charge >= 0.3 is 0 Å². The fraction of sp³-hybridized carbons (Fsp3) is 0.929. The minimum atomic E-state index is -0.445. The van der Waals surface area contributed by atoms with E-state index in [-0.39, 0.29) is 18.1 Å². The standard InChI is InChI=1S/C14H28N2O3/c1-3-4-6-12(9-15)16-14(17)11(2)19-10-13-7-5-8-18-13/h11-13H,3-10,15H2,1-2H3,(H,16,17). The van der Waals surface area contributed by atoms with Crippen molar-refractivity contribution in [3.63, 3.8) is 0 Å². The molecule has 5 nitrogen and oxygen atoms in total. The fourth-order valence-corrected chi connectivity index (χ4v) is 2.12. The molecular weight excluding hydrogens is 244 g/mol. The Labute approximate surface area is 116 Å². The smallest absolute Gasteiger partial charge is 0.249 e. The van der Waals surface area contributed by atoms with Gasteiger partial charge in [0.25, 0.3) is 0 Å². The van der Waals surface area contributed by atoms with Crippen molar-refractivity contribution in [2.45, 2.75) is 64.2 Å². The molecule has 3 atom stereocenters. The first-order valence-electron chi connectivity index (χ1n) is 7.41. The van der Waals surface area contributed by atoms with E-state index >= 15 is 0 Å². The molecule has 0 radical (unpaired) electrons. The van der Waals surface area contributed by atoms with Crippen LogP contribution in [0, 0.1) is 0 Å². The molecule has 5 heteroatoms. The average molecular weight is 272 g/mol. The van der Waals surface area contributed by atoms with E-state index < -0.39 is 6.10 Å². The molecule has 1 saturated heterocycles. The third kappa shape index (κ3) is 6.36. The van der Waals surface area contributed by atoms with Crippen molar-refractivity contribution in [3.8, 4) is 0 Å². The SMILES string of the molecule is CCCCC(CN)NC(=O)C(C)OCC1CCCO1. The Hall–Kier alpha value is -0.650. The van der Waals surface area contributed by atoms with Crippen molar-refractivity contribution in [1.82, 2.24) is 5.32 Å². The maximum absolute atomic E-state index is 11.9. The highest BCUT2D eigenvalue weighted by Gasteiger charge is 2.21. The number of nitrogens with two attached hydrogens (primary N) is 1. The minimum Gasteiger partial charge on any atom is -0.376 e. The molecule has 1 fully saturated rings. The predicted molar refractivity (Wildman–Crippen MR) is 74.9 cm³/mol. The van der Waals surface area contributed by atoms with E-state index in [9.17, 15) is 4.79 Å². The van der Waals surface area contributed by atoms with E-state index in [1.54, 1.807) is 6.92 Å². The normalized spacial score (nSPS) is 22.2. The van der Waals surface area contributed by atoms with Crippen LogP contribution in [0.2, 0.25) is 0 Å². The van der Waals surface area contributed by atoms with Gasteiger partial charge in [-0.1, -0.05) is 19.8 Å². The summed E-state index contributed by atoms with van der Waals surface area (Å²) in [6.07, 6.45) is 4.93. The lowest BCUT2D eigenvalue weighted by molar-refractivity contribution is -0.134. The van der Waals surface area contributed by atoms with Gasteiger partial charge in [0.1, 0.15) is 6.10 Å². The number of hydrogen-bond acceptors (Lipinski definition) is 4. The Morgan fingerprint density at radius 2 is 2.37 bits per heavy atom. The molecular formula is C14H28N2O3. The lowest BCUT2D eigenvalue weighted by Gasteiger charge is -2.20. The highest BCUT2D eigenvalue weighted by Crippen LogP contribution is 2.12. The highest BCUT2D eigenvalue weighted by molar-refractivity contribution is 5.80. The van der Waals surface area contributed by atoms with E-state index in [0.717, 1.165) is 38.7 Å². The first-order chi connectivity index (χ1) is 9.17. The van der Waals surface area contributed by atoms with Crippen LogP contribution >= 0.6 is 0 Å². The zero-order chi connectivity index (χ0) is 14.1. The number of amides is 1. The van der Waals surface area contributed by atoms with E-state index in [4.69, 9.17) is 15.2 Å². The lowest BCUT2D eigenvalue weighted by atomic mass is 10.1. The van der Waals surface area contributed by atoms with Gasteiger partial charge in [-0.05, 0) is 26.2 Å². The van der Waals surface area contributed by atoms with Gasteiger partial charge in [0.15, 0.2) is 0 Å². The van der Waals surface area contributed by atoms with Gasteiger partial charge in [-0.15, -0.1) is 0 Å². The molecule has 1 amide bonds. The molecule has 0 aromatic heterocycles. The van der Waals surface area contributed by atoms with Crippen molar-refractivity contribution in [1.29, 1.82) is 0 Å². The quantitative estimate of drug-likeness (QED) is 0.661. The van der Waals surface area contributed by atoms with Gasteiger partial charge in [-0.3, -0.25) is 4.79 Å². The number of rotatable bonds is 9. The first kappa shape index (κ1) is 16.4. The van der Waals surface area contributed by atoms with Crippen LogP contribution in [0.1, 0.15) is 46.0 Å². The lowest BCUT2D eigenvalue weighted by Crippen LogP contribution is -2.45. The van der Waals surface area contributed by atoms with E-state index in [1.165, 1.54) is 0 Å². The van der Waals surface area contributed by atoms with Crippen LogP contribution < -0.4 is 11.1 Å². The summed E-state index contributed by atoms with van der Waals surface area (Å²) in [5.41, 5.74) is 5.66. The number of hydrogen-bond donors (Lipinski definition) is 2. The number of nitrogens with one attached hydrogen (secondary N) is 1. The Balaban J connectivity index is 2.21. The van der Waals surface area contributed by atoms with Crippen molar-refractivity contribution in [2.75, 3.05) is 19.8 Å². The molecule has 0 aromatic rings. The molecule has 3 unspecified atom stereocenters. The van der Waals surface area contributed by atoms with Gasteiger partial charge in [0.05, 0.1) is 12.7 Å². The molecule has 19 heavy (non-hydrogen) atoms. The third-order valence-corrected chi connectivity index (χ3v) is 3.46. The molecule has 1 aliphatic heterocycles. The van der Waals surface area contributed by atoms with Gasteiger partial charge < -0.3 is 20.5 Å². The number of carbonyl (C=O) groups is 1. The van der Waals surface area contributed by atoms with Crippen LogP contribution in [0.25, 0.3) is 0 Å². The van der Waals surface area contributed by atoms with Crippen LogP contribution in [-0.4, -0.2) is 43.9 Å². The molecule has 0 aromatic carbocycles. The summed E-state index contributed by atoms with van der Waals surface area (Å²) < 4.78 is 11.0. The Morgan fingerprint density at radius 3 is 2.95 bits per heavy atom. The van der Waals surface area contributed by atoms with Crippen molar-refractivity contribution < 1.29 is 14.3 Å². The van der Waals surface area contributed by atoms with Crippen LogP contribution in [0.5, 0.6) is 0 Å². The van der Waals surface area contributed by atoms with Crippen LogP contribution in [0.15, 0.2) is 0 Å². The van der Waals surface area contributed by atoms with E-state index in [1.807, 2.05) is 0 Å². The summed E-state index contributed by atoms with van der Waals surface area (Å²) in [6, 6.07) is 0.0567. The Bertz CT molecular complexity index is 255. The van der Waals surface area contributed by atoms with Gasteiger partial charge in [0, 0.05) is 19.2 Å². The van der Waals surface area contributed by atoms with Gasteiger partial charge in [-0.2, -0.15) is 0 Å². The Morgan fingerprint density at radius 1 is 1.58 bits per heavy atom. The maximum atomic E-state index is 11.9. The first-order valence-corrected chi connectivity index (χ1v) is 7.41. The second kappa shape index (κ2) is 9.28. The molecule has 3 N–H and O–H groups in total. The molecule has 0 bridgehead atoms. The zero-order valence-electron chi connectivity index (χ0n) is 12.2. The van der Waals surface area contributed by atoms with Crippen molar-refractivity contribution >= 4 is 5.91 Å². The summed E-state index contributed by atoms with van der Waals surface area (Å²) >= 11 is 0. The summed E-state index contributed by atoms with van der Waals surface area (Å²) in [5.74, 6) is -0.0791. The van der Waals surface area contributed by atoms with Crippen molar-refractivity contribution in [3.05, 3.63) is 0 Å². The Kier molecular flexibility index (Phi) is 8.02. The average Bonchev–Trinajstić information content (AvgIpc) is 2.93. The minimum absolute atomic E-state index is 0.0567. The van der Waals surface area contributed by atoms with E-state index in [0.29, 0.717) is 13.2 Å². The van der Waals surface area contributed by atoms with Crippen LogP contribution in [-0.2, 0) is 14.3 Å². The number of unbranched alkanes of at least 4 members (excludes halogenated alkanes) is 1. The van der Waals surface area contributed by atoms with Gasteiger partial charge in [-0.25, -0.2) is 0 Å². The molecule has 112 valence electrons. The van der Waals surface area contributed by atoms with Crippen LogP contribution in [0.3, 0.4) is 0 Å². The largest absolute Gasteiger partial charge is 0.376 e. The summed E-state index contributed by atoms with van der Waals surface area (Å²) in [7, 11) is 0. The predicted octanol–water partition coefficient (Wildman–Crippen LogP) is 1.20. The summed E-state index contributed by atoms with van der Waals surface area (Å²) in [6.45, 7) is 5.68. The zero-order valence-corrected chi connectivity index (χ0v) is 12.2. The fourth-order valence-electron chi connectivity index (χ4n) is 2.12. The molecule has 1 heterocycles. The molecule has 1 rings (SSSR count). The molecule has 0 spiro atoms. The van der Waals surface area contributed by atoms with Gasteiger partial charge in [0.2, 0.25) is 5.91 Å².